The molecular formula is C35H38ClN3O5S. The Labute approximate surface area is 270 Å². The van der Waals surface area contributed by atoms with Gasteiger partial charge in [-0.25, -0.2) is 8.42 Å². The number of carbonyl (C=O) groups is 2. The zero-order chi connectivity index (χ0) is 32.6. The molecule has 45 heavy (non-hydrogen) atoms. The fourth-order valence-electron chi connectivity index (χ4n) is 4.88. The van der Waals surface area contributed by atoms with Crippen LogP contribution in [0.15, 0.2) is 108 Å². The second-order valence-electron chi connectivity index (χ2n) is 11.0. The highest BCUT2D eigenvalue weighted by atomic mass is 35.5. The van der Waals surface area contributed by atoms with Crippen molar-refractivity contribution < 1.29 is 22.7 Å². The van der Waals surface area contributed by atoms with E-state index < -0.39 is 28.5 Å². The average molecular weight is 648 g/mol. The zero-order valence-corrected chi connectivity index (χ0v) is 27.4. The maximum absolute atomic E-state index is 14.5. The molecule has 0 saturated heterocycles. The predicted octanol–water partition coefficient (Wildman–Crippen LogP) is 6.02. The molecule has 0 aliphatic carbocycles. The van der Waals surface area contributed by atoms with Crippen molar-refractivity contribution >= 4 is 39.1 Å². The lowest BCUT2D eigenvalue weighted by atomic mass is 10.0. The van der Waals surface area contributed by atoms with Gasteiger partial charge in [0.25, 0.3) is 10.0 Å². The molecular weight excluding hydrogens is 610 g/mol. The third-order valence-corrected chi connectivity index (χ3v) is 9.23. The molecule has 236 valence electrons. The Morgan fingerprint density at radius 3 is 2.13 bits per heavy atom. The monoisotopic (exact) mass is 647 g/mol. The molecule has 4 aromatic carbocycles. The minimum Gasteiger partial charge on any atom is -0.497 e. The standard InChI is InChI=1S/C35H38ClN3O5S/c1-25(2)37-35(41)33(22-27-9-6-5-7-10-27)38(23-28-11-8-12-31(21-28)44-4)34(40)24-39(30-17-15-29(36)16-18-30)45(42,43)32-19-13-26(3)14-20-32/h5-21,25,33H,22-24H2,1-4H3,(H,37,41). The van der Waals surface area contributed by atoms with E-state index >= 15 is 0 Å². The van der Waals surface area contributed by atoms with E-state index in [9.17, 15) is 18.0 Å². The maximum Gasteiger partial charge on any atom is 0.264 e. The molecule has 0 aliphatic rings. The first kappa shape index (κ1) is 33.6. The topological polar surface area (TPSA) is 96.0 Å². The number of aryl methyl sites for hydroxylation is 1. The van der Waals surface area contributed by atoms with Crippen LogP contribution < -0.4 is 14.4 Å². The summed E-state index contributed by atoms with van der Waals surface area (Å²) >= 11 is 6.13. The summed E-state index contributed by atoms with van der Waals surface area (Å²) in [5.74, 6) is -0.302. The van der Waals surface area contributed by atoms with Gasteiger partial charge in [0.2, 0.25) is 11.8 Å². The number of halogens is 1. The molecule has 0 aliphatic heterocycles. The van der Waals surface area contributed by atoms with Crippen molar-refractivity contribution in [2.75, 3.05) is 18.0 Å². The van der Waals surface area contributed by atoms with E-state index in [0.29, 0.717) is 10.8 Å². The second kappa shape index (κ2) is 15.1. The van der Waals surface area contributed by atoms with Gasteiger partial charge in [0, 0.05) is 24.0 Å². The molecule has 8 nitrogen and oxygen atoms in total. The van der Waals surface area contributed by atoms with Crippen molar-refractivity contribution in [3.8, 4) is 5.75 Å². The van der Waals surface area contributed by atoms with Gasteiger partial charge in [-0.05, 0) is 80.4 Å². The van der Waals surface area contributed by atoms with E-state index in [-0.39, 0.29) is 35.5 Å². The summed E-state index contributed by atoms with van der Waals surface area (Å²) in [5.41, 5.74) is 2.73. The summed E-state index contributed by atoms with van der Waals surface area (Å²) < 4.78 is 34.7. The number of nitrogens with zero attached hydrogens (tertiary/aromatic N) is 2. The molecule has 0 aromatic heterocycles. The van der Waals surface area contributed by atoms with Crippen molar-refractivity contribution in [1.82, 2.24) is 10.2 Å². The number of carbonyl (C=O) groups excluding carboxylic acids is 2. The highest BCUT2D eigenvalue weighted by molar-refractivity contribution is 7.92. The van der Waals surface area contributed by atoms with Crippen LogP contribution in [-0.4, -0.2) is 50.9 Å². The average Bonchev–Trinajstić information content (AvgIpc) is 3.02. The molecule has 2 amide bonds. The number of ether oxygens (including phenoxy) is 1. The number of hydrogen-bond acceptors (Lipinski definition) is 5. The third kappa shape index (κ3) is 8.86. The lowest BCUT2D eigenvalue weighted by Crippen LogP contribution is -2.54. The number of benzene rings is 4. The van der Waals surface area contributed by atoms with E-state index in [1.165, 1.54) is 17.0 Å². The molecule has 1 atom stereocenters. The Morgan fingerprint density at radius 1 is 0.867 bits per heavy atom. The molecule has 1 N–H and O–H groups in total. The highest BCUT2D eigenvalue weighted by Crippen LogP contribution is 2.27. The normalized spacial score (nSPS) is 12.0. The van der Waals surface area contributed by atoms with Gasteiger partial charge in [-0.3, -0.25) is 13.9 Å². The Morgan fingerprint density at radius 2 is 1.51 bits per heavy atom. The Kier molecular flexibility index (Phi) is 11.3. The number of amides is 2. The first-order valence-corrected chi connectivity index (χ1v) is 16.4. The summed E-state index contributed by atoms with van der Waals surface area (Å²) in [6, 6.07) is 28.2. The van der Waals surface area contributed by atoms with Crippen molar-refractivity contribution in [3.63, 3.8) is 0 Å². The van der Waals surface area contributed by atoms with Gasteiger partial charge < -0.3 is 15.0 Å². The van der Waals surface area contributed by atoms with Gasteiger partial charge >= 0.3 is 0 Å². The highest BCUT2D eigenvalue weighted by Gasteiger charge is 2.35. The SMILES string of the molecule is COc1cccc(CN(C(=O)CN(c2ccc(Cl)cc2)S(=O)(=O)c2ccc(C)cc2)C(Cc2ccccc2)C(=O)NC(C)C)c1. The van der Waals surface area contributed by atoms with E-state index in [1.54, 1.807) is 61.7 Å². The molecule has 10 heteroatoms. The summed E-state index contributed by atoms with van der Waals surface area (Å²) in [6.07, 6.45) is 0.223. The van der Waals surface area contributed by atoms with Crippen molar-refractivity contribution in [2.45, 2.75) is 50.7 Å². The fourth-order valence-corrected chi connectivity index (χ4v) is 6.42. The molecule has 0 saturated carbocycles. The van der Waals surface area contributed by atoms with Crippen LogP contribution in [0.4, 0.5) is 5.69 Å². The van der Waals surface area contributed by atoms with Crippen LogP contribution >= 0.6 is 11.6 Å². The van der Waals surface area contributed by atoms with Crippen molar-refractivity contribution in [2.24, 2.45) is 0 Å². The second-order valence-corrected chi connectivity index (χ2v) is 13.3. The summed E-state index contributed by atoms with van der Waals surface area (Å²) in [7, 11) is -2.65. The maximum atomic E-state index is 14.5. The van der Waals surface area contributed by atoms with Gasteiger partial charge in [0.1, 0.15) is 18.3 Å². The lowest BCUT2D eigenvalue weighted by molar-refractivity contribution is -0.140. The molecule has 0 radical (unpaired) electrons. The summed E-state index contributed by atoms with van der Waals surface area (Å²) in [5, 5.41) is 3.38. The first-order chi connectivity index (χ1) is 21.5. The fraction of sp³-hybridized carbons (Fsp3) is 0.257. The summed E-state index contributed by atoms with van der Waals surface area (Å²) in [6.45, 7) is 5.05. The van der Waals surface area contributed by atoms with Crippen LogP contribution in [0.3, 0.4) is 0 Å². The minimum absolute atomic E-state index is 0.0357. The number of hydrogen-bond donors (Lipinski definition) is 1. The number of methoxy groups -OCH3 is 1. The quantitative estimate of drug-likeness (QED) is 0.192. The van der Waals surface area contributed by atoms with Gasteiger partial charge in [-0.15, -0.1) is 0 Å². The number of sulfonamides is 1. The first-order valence-electron chi connectivity index (χ1n) is 14.6. The van der Waals surface area contributed by atoms with Gasteiger partial charge in [0.05, 0.1) is 17.7 Å². The van der Waals surface area contributed by atoms with Crippen LogP contribution in [0.2, 0.25) is 5.02 Å². The van der Waals surface area contributed by atoms with Gasteiger partial charge in [-0.2, -0.15) is 0 Å². The van der Waals surface area contributed by atoms with Gasteiger partial charge in [0.15, 0.2) is 0 Å². The smallest absolute Gasteiger partial charge is 0.264 e. The Bertz CT molecular complexity index is 1700. The van der Waals surface area contributed by atoms with Crippen LogP contribution in [-0.2, 0) is 32.6 Å². The minimum atomic E-state index is -4.20. The number of rotatable bonds is 13. The molecule has 4 aromatic rings. The Balaban J connectivity index is 1.81. The zero-order valence-electron chi connectivity index (χ0n) is 25.8. The predicted molar refractivity (Wildman–Crippen MR) is 178 cm³/mol. The molecule has 0 fully saturated rings. The van der Waals surface area contributed by atoms with Crippen LogP contribution in [0, 0.1) is 6.92 Å². The molecule has 4 rings (SSSR count). The molecule has 1 unspecified atom stereocenters. The van der Waals surface area contributed by atoms with Crippen LogP contribution in [0.5, 0.6) is 5.75 Å². The van der Waals surface area contributed by atoms with Gasteiger partial charge in [-0.1, -0.05) is 71.8 Å². The molecule has 0 spiro atoms. The molecule has 0 heterocycles. The van der Waals surface area contributed by atoms with E-state index in [4.69, 9.17) is 16.3 Å². The van der Waals surface area contributed by atoms with E-state index in [1.807, 2.05) is 57.2 Å². The third-order valence-electron chi connectivity index (χ3n) is 7.19. The van der Waals surface area contributed by atoms with E-state index in [2.05, 4.69) is 5.32 Å². The van der Waals surface area contributed by atoms with Crippen molar-refractivity contribution in [1.29, 1.82) is 0 Å². The van der Waals surface area contributed by atoms with Crippen LogP contribution in [0.1, 0.15) is 30.5 Å². The number of anilines is 1. The van der Waals surface area contributed by atoms with Crippen LogP contribution in [0.25, 0.3) is 0 Å². The lowest BCUT2D eigenvalue weighted by Gasteiger charge is -2.34. The Hall–Kier alpha value is -4.34. The van der Waals surface area contributed by atoms with E-state index in [0.717, 1.165) is 21.0 Å². The number of nitrogens with one attached hydrogen (secondary N) is 1. The molecule has 0 bridgehead atoms. The van der Waals surface area contributed by atoms with Crippen molar-refractivity contribution in [3.05, 3.63) is 125 Å². The largest absolute Gasteiger partial charge is 0.497 e. The summed E-state index contributed by atoms with van der Waals surface area (Å²) in [4.78, 5) is 29.8.